The lowest BCUT2D eigenvalue weighted by molar-refractivity contribution is -0.227. The Balaban J connectivity index is 1.67. The molecule has 1 fully saturated rings. The van der Waals surface area contributed by atoms with E-state index in [1.807, 2.05) is 30.3 Å². The van der Waals surface area contributed by atoms with Crippen LogP contribution in [0.5, 0.6) is 0 Å². The first kappa shape index (κ1) is 15.5. The molecule has 1 saturated heterocycles. The first-order valence-electron chi connectivity index (χ1n) is 7.57. The summed E-state index contributed by atoms with van der Waals surface area (Å²) >= 11 is 0. The number of rotatable bonds is 2. The molecule has 0 bridgehead atoms. The summed E-state index contributed by atoms with van der Waals surface area (Å²) in [5, 5.41) is 0. The van der Waals surface area contributed by atoms with Crippen LogP contribution in [0.1, 0.15) is 41.9 Å². The topological polar surface area (TPSA) is 51.3 Å². The van der Waals surface area contributed by atoms with Crippen molar-refractivity contribution in [1.82, 2.24) is 4.98 Å². The van der Waals surface area contributed by atoms with Crippen molar-refractivity contribution >= 4 is 5.78 Å². The van der Waals surface area contributed by atoms with Crippen LogP contribution in [0.3, 0.4) is 0 Å². The molecule has 1 aromatic heterocycles. The van der Waals surface area contributed by atoms with Crippen molar-refractivity contribution in [1.29, 1.82) is 0 Å². The maximum absolute atomic E-state index is 12.0. The highest BCUT2D eigenvalue weighted by Crippen LogP contribution is 2.30. The number of aromatic nitrogens is 1. The van der Waals surface area contributed by atoms with Crippen LogP contribution < -0.4 is 0 Å². The molecule has 1 aliphatic rings. The standard InChI is InChI=1S/C19H19NO3/c1-19(2)12-22-18(23-13-19)16-10-8-15(20-16)9-11-17(21)14-6-4-3-5-7-14/h3-8,10,18,20H,12-13H2,1-2H3. The lowest BCUT2D eigenvalue weighted by atomic mass is 9.95. The summed E-state index contributed by atoms with van der Waals surface area (Å²) in [5.74, 6) is 5.29. The van der Waals surface area contributed by atoms with Gasteiger partial charge in [-0.2, -0.15) is 0 Å². The van der Waals surface area contributed by atoms with Crippen LogP contribution in [0, 0.1) is 17.3 Å². The molecule has 0 atom stereocenters. The second kappa shape index (κ2) is 6.41. The fraction of sp³-hybridized carbons (Fsp3) is 0.316. The minimum atomic E-state index is -0.400. The number of hydrogen-bond acceptors (Lipinski definition) is 3. The molecule has 2 aromatic rings. The number of H-pyrrole nitrogens is 1. The summed E-state index contributed by atoms with van der Waals surface area (Å²) in [4.78, 5) is 15.1. The van der Waals surface area contributed by atoms with Gasteiger partial charge in [0.2, 0.25) is 5.78 Å². The summed E-state index contributed by atoms with van der Waals surface area (Å²) < 4.78 is 11.4. The zero-order valence-electron chi connectivity index (χ0n) is 13.3. The molecular weight excluding hydrogens is 290 g/mol. The number of Topliss-reactive ketones (excluding diaryl/α,β-unsaturated/α-hetero) is 1. The molecule has 23 heavy (non-hydrogen) atoms. The largest absolute Gasteiger partial charge is 0.348 e. The molecule has 4 nitrogen and oxygen atoms in total. The zero-order valence-corrected chi connectivity index (χ0v) is 13.3. The van der Waals surface area contributed by atoms with Crippen molar-refractivity contribution in [3.8, 4) is 11.8 Å². The van der Waals surface area contributed by atoms with Crippen molar-refractivity contribution in [2.75, 3.05) is 13.2 Å². The highest BCUT2D eigenvalue weighted by Gasteiger charge is 2.29. The van der Waals surface area contributed by atoms with E-state index in [-0.39, 0.29) is 11.2 Å². The van der Waals surface area contributed by atoms with Crippen molar-refractivity contribution in [3.05, 3.63) is 59.4 Å². The zero-order chi connectivity index (χ0) is 16.3. The third-order valence-corrected chi connectivity index (χ3v) is 3.56. The first-order valence-corrected chi connectivity index (χ1v) is 7.57. The van der Waals surface area contributed by atoms with Gasteiger partial charge in [-0.15, -0.1) is 0 Å². The average molecular weight is 309 g/mol. The number of ether oxygens (including phenoxy) is 2. The Bertz CT molecular complexity index is 740. The highest BCUT2D eigenvalue weighted by atomic mass is 16.7. The van der Waals surface area contributed by atoms with Crippen LogP contribution in [-0.4, -0.2) is 24.0 Å². The number of benzene rings is 1. The number of aromatic amines is 1. The molecule has 1 aliphatic heterocycles. The van der Waals surface area contributed by atoms with Gasteiger partial charge in [0.05, 0.1) is 24.6 Å². The number of nitrogens with one attached hydrogen (secondary N) is 1. The predicted molar refractivity (Wildman–Crippen MR) is 86.9 cm³/mol. The summed E-state index contributed by atoms with van der Waals surface area (Å²) in [5.41, 5.74) is 2.11. The Morgan fingerprint density at radius 3 is 2.52 bits per heavy atom. The Kier molecular flexibility index (Phi) is 4.33. The molecule has 1 N–H and O–H groups in total. The molecule has 0 spiro atoms. The lowest BCUT2D eigenvalue weighted by Gasteiger charge is -2.34. The number of ketones is 1. The van der Waals surface area contributed by atoms with Crippen molar-refractivity contribution in [3.63, 3.8) is 0 Å². The second-order valence-electron chi connectivity index (χ2n) is 6.39. The van der Waals surface area contributed by atoms with Gasteiger partial charge in [0, 0.05) is 11.0 Å². The molecule has 0 unspecified atom stereocenters. The number of carbonyl (C=O) groups is 1. The van der Waals surface area contributed by atoms with Crippen molar-refractivity contribution < 1.29 is 14.3 Å². The van der Waals surface area contributed by atoms with E-state index in [1.54, 1.807) is 12.1 Å². The molecule has 1 aromatic carbocycles. The molecule has 4 heteroatoms. The first-order chi connectivity index (χ1) is 11.0. The minimum Gasteiger partial charge on any atom is -0.348 e. The molecule has 0 amide bonds. The fourth-order valence-electron chi connectivity index (χ4n) is 2.28. The summed E-state index contributed by atoms with van der Waals surface area (Å²) in [6.07, 6.45) is -0.400. The molecule has 0 aliphatic carbocycles. The predicted octanol–water partition coefficient (Wildman–Crippen LogP) is 3.32. The maximum Gasteiger partial charge on any atom is 0.236 e. The van der Waals surface area contributed by atoms with E-state index in [4.69, 9.17) is 9.47 Å². The lowest BCUT2D eigenvalue weighted by Crippen LogP contribution is -2.33. The van der Waals surface area contributed by atoms with Crippen LogP contribution >= 0.6 is 0 Å². The van der Waals surface area contributed by atoms with Crippen molar-refractivity contribution in [2.24, 2.45) is 5.41 Å². The quantitative estimate of drug-likeness (QED) is 0.684. The van der Waals surface area contributed by atoms with Gasteiger partial charge in [0.25, 0.3) is 0 Å². The van der Waals surface area contributed by atoms with E-state index < -0.39 is 6.29 Å². The maximum atomic E-state index is 12.0. The van der Waals surface area contributed by atoms with Gasteiger partial charge in [-0.25, -0.2) is 0 Å². The monoisotopic (exact) mass is 309 g/mol. The summed E-state index contributed by atoms with van der Waals surface area (Å²) in [6.45, 7) is 5.49. The average Bonchev–Trinajstić information content (AvgIpc) is 3.02. The normalized spacial score (nSPS) is 17.3. The SMILES string of the molecule is CC1(C)COC(c2ccc(C#CC(=O)c3ccccc3)[nH]2)OC1. The van der Waals surface area contributed by atoms with Gasteiger partial charge in [-0.1, -0.05) is 44.2 Å². The van der Waals surface area contributed by atoms with Gasteiger partial charge in [0.1, 0.15) is 0 Å². The minimum absolute atomic E-state index is 0.0355. The van der Waals surface area contributed by atoms with E-state index in [1.165, 1.54) is 0 Å². The van der Waals surface area contributed by atoms with Gasteiger partial charge < -0.3 is 14.5 Å². The van der Waals surface area contributed by atoms with E-state index >= 15 is 0 Å². The van der Waals surface area contributed by atoms with Crippen LogP contribution in [-0.2, 0) is 9.47 Å². The fourth-order valence-corrected chi connectivity index (χ4v) is 2.28. The van der Waals surface area contributed by atoms with Crippen molar-refractivity contribution in [2.45, 2.75) is 20.1 Å². The van der Waals surface area contributed by atoms with Crippen LogP contribution in [0.2, 0.25) is 0 Å². The van der Waals surface area contributed by atoms with Gasteiger partial charge >= 0.3 is 0 Å². The van der Waals surface area contributed by atoms with Gasteiger partial charge in [-0.3, -0.25) is 4.79 Å². The third kappa shape index (κ3) is 3.89. The van der Waals surface area contributed by atoms with Crippen LogP contribution in [0.25, 0.3) is 0 Å². The number of carbonyl (C=O) groups excluding carboxylic acids is 1. The Morgan fingerprint density at radius 1 is 1.13 bits per heavy atom. The molecule has 0 saturated carbocycles. The van der Waals surface area contributed by atoms with E-state index in [9.17, 15) is 4.79 Å². The Morgan fingerprint density at radius 2 is 1.83 bits per heavy atom. The summed E-state index contributed by atoms with van der Waals surface area (Å²) in [7, 11) is 0. The smallest absolute Gasteiger partial charge is 0.236 e. The van der Waals surface area contributed by atoms with Crippen LogP contribution in [0.4, 0.5) is 0 Å². The third-order valence-electron chi connectivity index (χ3n) is 3.56. The van der Waals surface area contributed by atoms with E-state index in [0.717, 1.165) is 5.69 Å². The molecular formula is C19H19NO3. The molecule has 0 radical (unpaired) electrons. The molecule has 3 rings (SSSR count). The van der Waals surface area contributed by atoms with E-state index in [0.29, 0.717) is 24.5 Å². The molecule has 2 heterocycles. The molecule has 118 valence electrons. The Hall–Kier alpha value is -2.35. The Labute approximate surface area is 135 Å². The van der Waals surface area contributed by atoms with E-state index in [2.05, 4.69) is 30.7 Å². The van der Waals surface area contributed by atoms with Gasteiger partial charge in [-0.05, 0) is 24.0 Å². The van der Waals surface area contributed by atoms with Gasteiger partial charge in [0.15, 0.2) is 6.29 Å². The van der Waals surface area contributed by atoms with Crippen LogP contribution in [0.15, 0.2) is 42.5 Å². The summed E-state index contributed by atoms with van der Waals surface area (Å²) in [6, 6.07) is 12.7. The number of hydrogen-bond donors (Lipinski definition) is 1. The second-order valence-corrected chi connectivity index (χ2v) is 6.39. The highest BCUT2D eigenvalue weighted by molar-refractivity contribution is 6.09.